The van der Waals surface area contributed by atoms with Gasteiger partial charge in [-0.3, -0.25) is 4.79 Å². The molecule has 0 spiro atoms. The van der Waals surface area contributed by atoms with Crippen molar-refractivity contribution < 1.29 is 9.53 Å². The number of rotatable bonds is 6. The predicted octanol–water partition coefficient (Wildman–Crippen LogP) is 4.40. The minimum Gasteiger partial charge on any atom is -0.485 e. The third-order valence-corrected chi connectivity index (χ3v) is 5.81. The van der Waals surface area contributed by atoms with Gasteiger partial charge in [0.15, 0.2) is 5.82 Å². The van der Waals surface area contributed by atoms with Crippen LogP contribution in [0.2, 0.25) is 5.02 Å². The topological polar surface area (TPSA) is 60.3 Å². The summed E-state index contributed by atoms with van der Waals surface area (Å²) >= 11 is 7.40. The Kier molecular flexibility index (Phi) is 5.78. The van der Waals surface area contributed by atoms with Crippen LogP contribution in [-0.4, -0.2) is 26.5 Å². The molecule has 150 valence electrons. The Labute approximate surface area is 178 Å². The SMILES string of the molecule is CC(C)c1ccc(CN2C(=O)CSc3nnc(COc4cccc(Cl)c4)n32)cc1. The number of carbonyl (C=O) groups is 1. The first-order valence-electron chi connectivity index (χ1n) is 9.36. The molecule has 1 aliphatic heterocycles. The van der Waals surface area contributed by atoms with Gasteiger partial charge in [-0.1, -0.05) is 67.5 Å². The van der Waals surface area contributed by atoms with Crippen molar-refractivity contribution in [1.29, 1.82) is 0 Å². The molecule has 29 heavy (non-hydrogen) atoms. The maximum atomic E-state index is 12.7. The summed E-state index contributed by atoms with van der Waals surface area (Å²) in [5, 5.41) is 11.4. The minimum atomic E-state index is 0.0132. The van der Waals surface area contributed by atoms with E-state index in [1.54, 1.807) is 21.8 Å². The van der Waals surface area contributed by atoms with Gasteiger partial charge >= 0.3 is 0 Å². The van der Waals surface area contributed by atoms with Gasteiger partial charge in [-0.2, -0.15) is 0 Å². The van der Waals surface area contributed by atoms with E-state index in [2.05, 4.69) is 48.3 Å². The summed E-state index contributed by atoms with van der Waals surface area (Å²) in [6, 6.07) is 15.5. The molecule has 0 unspecified atom stereocenters. The molecule has 2 aromatic carbocycles. The number of thioether (sulfide) groups is 1. The van der Waals surface area contributed by atoms with Gasteiger partial charge < -0.3 is 4.74 Å². The largest absolute Gasteiger partial charge is 0.485 e. The number of hydrogen-bond donors (Lipinski definition) is 0. The summed E-state index contributed by atoms with van der Waals surface area (Å²) in [4.78, 5) is 12.7. The second-order valence-corrected chi connectivity index (χ2v) is 8.47. The summed E-state index contributed by atoms with van der Waals surface area (Å²) in [7, 11) is 0. The van der Waals surface area contributed by atoms with Crippen molar-refractivity contribution in [2.45, 2.75) is 38.1 Å². The van der Waals surface area contributed by atoms with Gasteiger partial charge in [-0.05, 0) is 35.2 Å². The third kappa shape index (κ3) is 4.41. The average Bonchev–Trinajstić information content (AvgIpc) is 3.12. The highest BCUT2D eigenvalue weighted by Crippen LogP contribution is 2.26. The Balaban J connectivity index is 1.56. The standard InChI is InChI=1S/C21H21ClN4O2S/c1-14(2)16-8-6-15(7-9-16)11-25-20(27)13-29-21-24-23-19(26(21)25)12-28-18-5-3-4-17(22)10-18/h3-10,14H,11-13H2,1-2H3. The lowest BCUT2D eigenvalue weighted by atomic mass is 10.0. The van der Waals surface area contributed by atoms with Crippen LogP contribution in [0.3, 0.4) is 0 Å². The molecule has 8 heteroatoms. The van der Waals surface area contributed by atoms with Crippen molar-refractivity contribution in [2.75, 3.05) is 10.8 Å². The van der Waals surface area contributed by atoms with E-state index in [4.69, 9.17) is 16.3 Å². The molecule has 1 aliphatic rings. The number of halogens is 1. The Morgan fingerprint density at radius 3 is 2.69 bits per heavy atom. The van der Waals surface area contributed by atoms with Crippen molar-refractivity contribution >= 4 is 29.3 Å². The number of aromatic nitrogens is 3. The summed E-state index contributed by atoms with van der Waals surface area (Å²) in [5.74, 6) is 2.04. The fourth-order valence-electron chi connectivity index (χ4n) is 3.08. The molecule has 4 rings (SSSR count). The monoisotopic (exact) mass is 428 g/mol. The van der Waals surface area contributed by atoms with Gasteiger partial charge in [-0.25, -0.2) is 9.69 Å². The van der Waals surface area contributed by atoms with E-state index in [1.807, 2.05) is 12.1 Å². The van der Waals surface area contributed by atoms with Crippen LogP contribution < -0.4 is 9.75 Å². The number of carbonyl (C=O) groups excluding carboxylic acids is 1. The van der Waals surface area contributed by atoms with Crippen LogP contribution >= 0.6 is 23.4 Å². The molecule has 3 aromatic rings. The molecule has 0 aliphatic carbocycles. The minimum absolute atomic E-state index is 0.0132. The fraction of sp³-hybridized carbons (Fsp3) is 0.286. The first-order chi connectivity index (χ1) is 14.0. The van der Waals surface area contributed by atoms with Crippen molar-refractivity contribution in [2.24, 2.45) is 0 Å². The average molecular weight is 429 g/mol. The highest BCUT2D eigenvalue weighted by Gasteiger charge is 2.29. The van der Waals surface area contributed by atoms with Crippen molar-refractivity contribution in [3.63, 3.8) is 0 Å². The third-order valence-electron chi connectivity index (χ3n) is 4.67. The first kappa shape index (κ1) is 19.8. The molecule has 2 heterocycles. The van der Waals surface area contributed by atoms with Crippen LogP contribution in [-0.2, 0) is 17.9 Å². The molecular formula is C21H21ClN4O2S. The zero-order chi connectivity index (χ0) is 20.4. The van der Waals surface area contributed by atoms with Crippen LogP contribution in [0.1, 0.15) is 36.7 Å². The van der Waals surface area contributed by atoms with Crippen LogP contribution in [0.15, 0.2) is 53.7 Å². The van der Waals surface area contributed by atoms with Gasteiger partial charge in [0.1, 0.15) is 12.4 Å². The molecule has 0 atom stereocenters. The molecule has 0 bridgehead atoms. The molecule has 0 radical (unpaired) electrons. The number of benzene rings is 2. The highest BCUT2D eigenvalue weighted by molar-refractivity contribution is 7.99. The lowest BCUT2D eigenvalue weighted by Crippen LogP contribution is -2.45. The molecule has 0 fully saturated rings. The molecule has 6 nitrogen and oxygen atoms in total. The van der Waals surface area contributed by atoms with E-state index in [0.29, 0.717) is 40.0 Å². The van der Waals surface area contributed by atoms with Crippen LogP contribution in [0.4, 0.5) is 0 Å². The van der Waals surface area contributed by atoms with E-state index >= 15 is 0 Å². The lowest BCUT2D eigenvalue weighted by molar-refractivity contribution is -0.118. The normalized spacial score (nSPS) is 13.7. The Bertz CT molecular complexity index is 1020. The smallest absolute Gasteiger partial charge is 0.252 e. The molecule has 0 saturated heterocycles. The van der Waals surface area contributed by atoms with Crippen LogP contribution in [0.5, 0.6) is 5.75 Å². The van der Waals surface area contributed by atoms with Gasteiger partial charge in [0, 0.05) is 5.02 Å². The summed E-state index contributed by atoms with van der Waals surface area (Å²) in [5.41, 5.74) is 2.32. The number of amides is 1. The van der Waals surface area contributed by atoms with E-state index in [-0.39, 0.29) is 12.5 Å². The first-order valence-corrected chi connectivity index (χ1v) is 10.7. The summed E-state index contributed by atoms with van der Waals surface area (Å²) < 4.78 is 7.58. The second kappa shape index (κ2) is 8.47. The fourth-order valence-corrected chi connectivity index (χ4v) is 4.08. The summed E-state index contributed by atoms with van der Waals surface area (Å²) in [6.07, 6.45) is 0. The van der Waals surface area contributed by atoms with Gasteiger partial charge in [0.25, 0.3) is 5.91 Å². The maximum absolute atomic E-state index is 12.7. The van der Waals surface area contributed by atoms with Gasteiger partial charge in [0.05, 0.1) is 12.3 Å². The van der Waals surface area contributed by atoms with Gasteiger partial charge in [0.2, 0.25) is 5.16 Å². The van der Waals surface area contributed by atoms with Crippen molar-refractivity contribution in [3.8, 4) is 5.75 Å². The number of fused-ring (bicyclic) bond motifs is 1. The van der Waals surface area contributed by atoms with Gasteiger partial charge in [-0.15, -0.1) is 10.2 Å². The predicted molar refractivity (Wildman–Crippen MR) is 114 cm³/mol. The van der Waals surface area contributed by atoms with Crippen LogP contribution in [0, 0.1) is 0 Å². The molecule has 1 aromatic heterocycles. The molecule has 0 N–H and O–H groups in total. The number of hydrogen-bond acceptors (Lipinski definition) is 5. The quantitative estimate of drug-likeness (QED) is 0.582. The number of ether oxygens (including phenoxy) is 1. The summed E-state index contributed by atoms with van der Waals surface area (Å²) in [6.45, 7) is 4.96. The zero-order valence-corrected chi connectivity index (χ0v) is 17.8. The molecule has 1 amide bonds. The zero-order valence-electron chi connectivity index (χ0n) is 16.2. The van der Waals surface area contributed by atoms with E-state index in [0.717, 1.165) is 5.56 Å². The Morgan fingerprint density at radius 2 is 1.97 bits per heavy atom. The Hall–Kier alpha value is -2.51. The van der Waals surface area contributed by atoms with E-state index < -0.39 is 0 Å². The lowest BCUT2D eigenvalue weighted by Gasteiger charge is -2.29. The van der Waals surface area contributed by atoms with Crippen molar-refractivity contribution in [3.05, 3.63) is 70.5 Å². The second-order valence-electron chi connectivity index (χ2n) is 7.09. The van der Waals surface area contributed by atoms with Crippen LogP contribution in [0.25, 0.3) is 0 Å². The van der Waals surface area contributed by atoms with E-state index in [1.165, 1.54) is 17.3 Å². The van der Waals surface area contributed by atoms with Crippen molar-refractivity contribution in [1.82, 2.24) is 14.9 Å². The number of nitrogens with zero attached hydrogens (tertiary/aromatic N) is 4. The molecule has 0 saturated carbocycles. The van der Waals surface area contributed by atoms with E-state index in [9.17, 15) is 4.79 Å². The Morgan fingerprint density at radius 1 is 1.17 bits per heavy atom. The molecular weight excluding hydrogens is 408 g/mol. The maximum Gasteiger partial charge on any atom is 0.252 e. The highest BCUT2D eigenvalue weighted by atomic mass is 35.5.